The highest BCUT2D eigenvalue weighted by Crippen LogP contribution is 2.34. The van der Waals surface area contributed by atoms with E-state index in [1.54, 1.807) is 125 Å². The highest BCUT2D eigenvalue weighted by molar-refractivity contribution is 6.10. The van der Waals surface area contributed by atoms with Crippen molar-refractivity contribution < 1.29 is 61.9 Å². The van der Waals surface area contributed by atoms with Gasteiger partial charge in [0.05, 0.1) is 68.8 Å². The number of methoxy groups -OCH3 is 3. The van der Waals surface area contributed by atoms with Crippen molar-refractivity contribution in [3.05, 3.63) is 199 Å². The summed E-state index contributed by atoms with van der Waals surface area (Å²) in [6.07, 6.45) is 3.89. The Kier molecular flexibility index (Phi) is 19.6. The second-order valence-corrected chi connectivity index (χ2v) is 18.1. The third-order valence-electron chi connectivity index (χ3n) is 12.5. The maximum absolute atomic E-state index is 12.9. The van der Waals surface area contributed by atoms with Crippen LogP contribution >= 0.6 is 0 Å². The molecule has 2 heterocycles. The summed E-state index contributed by atoms with van der Waals surface area (Å²) >= 11 is 0. The summed E-state index contributed by atoms with van der Waals surface area (Å²) in [5.41, 5.74) is 4.16. The number of esters is 1. The molecule has 1 aliphatic heterocycles. The molecule has 0 aliphatic carbocycles. The second kappa shape index (κ2) is 27.9. The lowest BCUT2D eigenvalue weighted by atomic mass is 10.0. The predicted molar refractivity (Wildman–Crippen MR) is 307 cm³/mol. The fraction of sp³-hybridized carbons (Fsp3) is 0.175. The van der Waals surface area contributed by atoms with Crippen LogP contribution in [0.2, 0.25) is 0 Å². The van der Waals surface area contributed by atoms with Gasteiger partial charge in [0.2, 0.25) is 0 Å². The molecule has 9 aromatic rings. The number of benzene rings is 8. The van der Waals surface area contributed by atoms with Crippen LogP contribution in [0.25, 0.3) is 32.9 Å². The largest absolute Gasteiger partial charge is 0.507 e. The van der Waals surface area contributed by atoms with E-state index in [9.17, 15) is 29.1 Å². The van der Waals surface area contributed by atoms with Crippen LogP contribution in [0, 0.1) is 0 Å². The number of carbonyl (C=O) groups excluding carboxylic acids is 5. The van der Waals surface area contributed by atoms with Gasteiger partial charge in [0, 0.05) is 36.7 Å². The fourth-order valence-corrected chi connectivity index (χ4v) is 8.46. The van der Waals surface area contributed by atoms with Crippen molar-refractivity contribution in [3.8, 4) is 40.1 Å². The van der Waals surface area contributed by atoms with Gasteiger partial charge in [0.25, 0.3) is 17.7 Å². The number of aromatic hydroxyl groups is 1. The summed E-state index contributed by atoms with van der Waals surface area (Å²) in [5.74, 6) is 1.03. The van der Waals surface area contributed by atoms with Gasteiger partial charge in [-0.2, -0.15) is 0 Å². The standard InChI is InChI=1S/C23H23N3O6.C22H21NO4.C18H15NO3/c1-29-20-10-17(5-6-19(20)21-12-24-14-31-21)26-22(27)16-4-2-3-15(9-16)11-25-23(28)32-18-7-8-30-13-18;1-3-8-21(24)27-20-14-16-10-5-4-9-15(16)13-17(20)22(25)23-18-11-6-7-12-19(18)26-2;1-22-17-9-5-4-8-15(17)19-18(21)14-10-12-6-2-3-7-13(12)11-16(14)20/h2-6,9-10,12,14,18H,7-8,11,13H2,1H3,(H,25,28)(H,26,27);4-7,9-14H,3,8H2,1-2H3,(H,23,25);2-11,20H,1H3,(H,19,21)/t18-;;/m0../s1. The minimum absolute atomic E-state index is 0.0499. The molecule has 0 radical (unpaired) electrons. The molecule has 81 heavy (non-hydrogen) atoms. The van der Waals surface area contributed by atoms with E-state index < -0.39 is 6.09 Å². The average Bonchev–Trinajstić information content (AvgIpc) is 4.27. The van der Waals surface area contributed by atoms with Gasteiger partial charge in [-0.05, 0) is 106 Å². The number of fused-ring (bicyclic) bond motifs is 2. The Morgan fingerprint density at radius 2 is 1.22 bits per heavy atom. The maximum atomic E-state index is 12.9. The lowest BCUT2D eigenvalue weighted by molar-refractivity contribution is -0.134. The molecule has 1 aromatic heterocycles. The van der Waals surface area contributed by atoms with Crippen LogP contribution in [0.4, 0.5) is 21.9 Å². The van der Waals surface area contributed by atoms with Gasteiger partial charge in [0.1, 0.15) is 34.9 Å². The fourth-order valence-electron chi connectivity index (χ4n) is 8.46. The average molecular weight is 1090 g/mol. The van der Waals surface area contributed by atoms with Crippen LogP contribution in [0.15, 0.2) is 181 Å². The van der Waals surface area contributed by atoms with Gasteiger partial charge >= 0.3 is 12.1 Å². The molecule has 0 bridgehead atoms. The van der Waals surface area contributed by atoms with Crippen LogP contribution in [-0.2, 0) is 20.8 Å². The molecular weight excluding hydrogens is 1030 g/mol. The quantitative estimate of drug-likeness (QED) is 0.0447. The molecule has 414 valence electrons. The van der Waals surface area contributed by atoms with Crippen molar-refractivity contribution in [3.63, 3.8) is 0 Å². The Morgan fingerprint density at radius 3 is 1.83 bits per heavy atom. The van der Waals surface area contributed by atoms with Crippen molar-refractivity contribution in [1.82, 2.24) is 10.3 Å². The molecule has 5 N–H and O–H groups in total. The molecule has 10 rings (SSSR count). The first-order valence-electron chi connectivity index (χ1n) is 25.8. The molecule has 1 saturated heterocycles. The summed E-state index contributed by atoms with van der Waals surface area (Å²) in [6, 6.07) is 48.4. The van der Waals surface area contributed by atoms with Crippen molar-refractivity contribution in [2.75, 3.05) is 50.5 Å². The molecular formula is C63H59N5O13. The molecule has 0 spiro atoms. The molecule has 1 aliphatic rings. The van der Waals surface area contributed by atoms with Gasteiger partial charge in [-0.25, -0.2) is 9.78 Å². The Bertz CT molecular complexity index is 3660. The Labute approximate surface area is 466 Å². The summed E-state index contributed by atoms with van der Waals surface area (Å²) in [7, 11) is 4.62. The summed E-state index contributed by atoms with van der Waals surface area (Å²) < 4.78 is 37.2. The first kappa shape index (κ1) is 57.0. The van der Waals surface area contributed by atoms with Crippen LogP contribution in [0.3, 0.4) is 0 Å². The lowest BCUT2D eigenvalue weighted by Crippen LogP contribution is -2.28. The van der Waals surface area contributed by atoms with Crippen LogP contribution in [-0.4, -0.2) is 80.5 Å². The van der Waals surface area contributed by atoms with Crippen molar-refractivity contribution in [1.29, 1.82) is 0 Å². The highest BCUT2D eigenvalue weighted by atomic mass is 16.6. The number of oxazole rings is 1. The summed E-state index contributed by atoms with van der Waals surface area (Å²) in [6.45, 7) is 3.17. The van der Waals surface area contributed by atoms with Crippen LogP contribution in [0.5, 0.6) is 28.7 Å². The van der Waals surface area contributed by atoms with Crippen molar-refractivity contribution in [2.24, 2.45) is 0 Å². The summed E-state index contributed by atoms with van der Waals surface area (Å²) in [5, 5.41) is 24.8. The third kappa shape index (κ3) is 15.3. The normalized spacial score (nSPS) is 12.3. The van der Waals surface area contributed by atoms with E-state index in [1.165, 1.54) is 6.39 Å². The maximum Gasteiger partial charge on any atom is 0.407 e. The molecule has 1 fully saturated rings. The minimum atomic E-state index is -0.505. The molecule has 1 atom stereocenters. The zero-order valence-electron chi connectivity index (χ0n) is 44.9. The smallest absolute Gasteiger partial charge is 0.407 e. The van der Waals surface area contributed by atoms with E-state index in [-0.39, 0.29) is 53.4 Å². The van der Waals surface area contributed by atoms with E-state index in [1.807, 2.05) is 73.7 Å². The number of amides is 4. The van der Waals surface area contributed by atoms with Gasteiger partial charge in [-0.1, -0.05) is 91.9 Å². The van der Waals surface area contributed by atoms with E-state index in [4.69, 9.17) is 32.8 Å². The number of carbonyl (C=O) groups is 5. The number of phenolic OH excluding ortho intramolecular Hbond substituents is 1. The predicted octanol–water partition coefficient (Wildman–Crippen LogP) is 12.2. The number of hydrogen-bond donors (Lipinski definition) is 5. The van der Waals surface area contributed by atoms with Crippen molar-refractivity contribution in [2.45, 2.75) is 38.8 Å². The van der Waals surface area contributed by atoms with Gasteiger partial charge in [-0.15, -0.1) is 0 Å². The number of phenols is 1. The van der Waals surface area contributed by atoms with Crippen LogP contribution < -0.4 is 40.2 Å². The van der Waals surface area contributed by atoms with E-state index in [2.05, 4.69) is 26.3 Å². The van der Waals surface area contributed by atoms with E-state index in [0.717, 1.165) is 32.7 Å². The molecule has 8 aromatic carbocycles. The second-order valence-electron chi connectivity index (χ2n) is 18.1. The molecule has 18 nitrogen and oxygen atoms in total. The number of aromatic nitrogens is 1. The zero-order chi connectivity index (χ0) is 57.1. The molecule has 0 unspecified atom stereocenters. The van der Waals surface area contributed by atoms with Crippen molar-refractivity contribution >= 4 is 68.4 Å². The highest BCUT2D eigenvalue weighted by Gasteiger charge is 2.21. The first-order chi connectivity index (χ1) is 39.4. The van der Waals surface area contributed by atoms with E-state index in [0.29, 0.717) is 83.7 Å². The van der Waals surface area contributed by atoms with Crippen LogP contribution in [0.1, 0.15) is 62.8 Å². The number of anilines is 3. The molecule has 4 amide bonds. The number of nitrogens with zero attached hydrogens (tertiary/aromatic N) is 1. The SMILES string of the molecule is CCCC(=O)Oc1cc2ccccc2cc1C(=O)Nc1ccccc1OC.COc1cc(NC(=O)c2cccc(CNC(=O)O[C@H]3CCOC3)c2)ccc1-c1cnco1.COc1ccccc1NC(=O)c1cc2ccccc2cc1O. The monoisotopic (exact) mass is 1090 g/mol. The van der Waals surface area contributed by atoms with Gasteiger partial charge in [-0.3, -0.25) is 19.2 Å². The lowest BCUT2D eigenvalue weighted by Gasteiger charge is -2.14. The Hall–Kier alpha value is -10.2. The number of para-hydroxylation sites is 4. The number of rotatable bonds is 16. The number of ether oxygens (including phenoxy) is 6. The number of alkyl carbamates (subject to hydrolysis) is 1. The minimum Gasteiger partial charge on any atom is -0.507 e. The Balaban J connectivity index is 0.000000162. The number of hydrogen-bond acceptors (Lipinski definition) is 14. The molecule has 0 saturated carbocycles. The number of nitrogens with one attached hydrogen (secondary N) is 4. The van der Waals surface area contributed by atoms with Gasteiger partial charge in [0.15, 0.2) is 12.2 Å². The third-order valence-corrected chi connectivity index (χ3v) is 12.5. The van der Waals surface area contributed by atoms with Gasteiger partial charge < -0.3 is 59.2 Å². The summed E-state index contributed by atoms with van der Waals surface area (Å²) in [4.78, 5) is 65.9. The topological polar surface area (TPSA) is 235 Å². The van der Waals surface area contributed by atoms with E-state index >= 15 is 0 Å². The Morgan fingerprint density at radius 1 is 0.617 bits per heavy atom. The first-order valence-corrected chi connectivity index (χ1v) is 25.8. The molecule has 18 heteroatoms. The zero-order valence-corrected chi connectivity index (χ0v) is 44.9.